The van der Waals surface area contributed by atoms with Crippen LogP contribution in [0.15, 0.2) is 6.20 Å². The number of hydrogen-bond donors (Lipinski definition) is 1. The van der Waals surface area contributed by atoms with Crippen molar-refractivity contribution < 1.29 is 0 Å². The first kappa shape index (κ1) is 14.5. The highest BCUT2D eigenvalue weighted by Crippen LogP contribution is 2.26. The van der Waals surface area contributed by atoms with Gasteiger partial charge in [-0.05, 0) is 19.8 Å². The number of thiazole rings is 1. The van der Waals surface area contributed by atoms with Gasteiger partial charge in [-0.25, -0.2) is 4.98 Å². The van der Waals surface area contributed by atoms with Crippen molar-refractivity contribution in [1.82, 2.24) is 4.98 Å². The van der Waals surface area contributed by atoms with Crippen molar-refractivity contribution in [3.8, 4) is 0 Å². The van der Waals surface area contributed by atoms with E-state index in [0.29, 0.717) is 0 Å². The first-order chi connectivity index (χ1) is 8.19. The summed E-state index contributed by atoms with van der Waals surface area (Å²) in [4.78, 5) is 8.09. The topological polar surface area (TPSA) is 42.2 Å². The van der Waals surface area contributed by atoms with Gasteiger partial charge in [-0.15, -0.1) is 11.3 Å². The zero-order valence-corrected chi connectivity index (χ0v) is 12.1. The molecular weight excluding hydrogens is 230 g/mol. The molecule has 1 aromatic rings. The third-order valence-electron chi connectivity index (χ3n) is 2.79. The Hall–Kier alpha value is -0.610. The van der Waals surface area contributed by atoms with E-state index in [9.17, 15) is 0 Å². The Labute approximate surface area is 109 Å². The maximum absolute atomic E-state index is 5.88. The van der Waals surface area contributed by atoms with Crippen LogP contribution in [0, 0.1) is 0 Å². The van der Waals surface area contributed by atoms with Crippen LogP contribution in [-0.2, 0) is 0 Å². The van der Waals surface area contributed by atoms with Crippen molar-refractivity contribution in [1.29, 1.82) is 0 Å². The van der Waals surface area contributed by atoms with Crippen molar-refractivity contribution in [2.45, 2.75) is 52.5 Å². The second-order valence-electron chi connectivity index (χ2n) is 4.53. The molecule has 0 aromatic carbocycles. The minimum Gasteiger partial charge on any atom is -0.348 e. The Morgan fingerprint density at radius 3 is 2.29 bits per heavy atom. The molecule has 0 amide bonds. The Kier molecular flexibility index (Phi) is 6.52. The van der Waals surface area contributed by atoms with E-state index in [1.54, 1.807) is 11.3 Å². The fourth-order valence-corrected chi connectivity index (χ4v) is 2.55. The van der Waals surface area contributed by atoms with Gasteiger partial charge in [-0.1, -0.05) is 26.7 Å². The van der Waals surface area contributed by atoms with E-state index >= 15 is 0 Å². The van der Waals surface area contributed by atoms with Gasteiger partial charge in [0.15, 0.2) is 5.13 Å². The van der Waals surface area contributed by atoms with Crippen molar-refractivity contribution in [2.24, 2.45) is 5.73 Å². The van der Waals surface area contributed by atoms with Crippen LogP contribution in [0.4, 0.5) is 5.13 Å². The fourth-order valence-electron chi connectivity index (χ4n) is 1.63. The average molecular weight is 255 g/mol. The summed E-state index contributed by atoms with van der Waals surface area (Å²) in [6, 6.07) is 0.0976. The quantitative estimate of drug-likeness (QED) is 0.772. The molecule has 4 heteroatoms. The Balaban J connectivity index is 2.65. The summed E-state index contributed by atoms with van der Waals surface area (Å²) < 4.78 is 0. The molecule has 3 nitrogen and oxygen atoms in total. The lowest BCUT2D eigenvalue weighted by molar-refractivity contribution is 0.676. The third-order valence-corrected chi connectivity index (χ3v) is 4.05. The van der Waals surface area contributed by atoms with Gasteiger partial charge >= 0.3 is 0 Å². The van der Waals surface area contributed by atoms with Gasteiger partial charge in [-0.2, -0.15) is 0 Å². The van der Waals surface area contributed by atoms with Crippen molar-refractivity contribution in [2.75, 3.05) is 18.0 Å². The van der Waals surface area contributed by atoms with E-state index in [1.165, 1.54) is 30.6 Å². The lowest BCUT2D eigenvalue weighted by Gasteiger charge is -2.21. The lowest BCUT2D eigenvalue weighted by Crippen LogP contribution is -2.25. The Bertz CT molecular complexity index is 301. The smallest absolute Gasteiger partial charge is 0.185 e. The minimum absolute atomic E-state index is 0.0976. The molecule has 1 aromatic heterocycles. The van der Waals surface area contributed by atoms with Gasteiger partial charge in [0.1, 0.15) is 0 Å². The molecule has 0 saturated carbocycles. The molecular formula is C13H25N3S. The monoisotopic (exact) mass is 255 g/mol. The van der Waals surface area contributed by atoms with Gasteiger partial charge in [0.2, 0.25) is 0 Å². The fraction of sp³-hybridized carbons (Fsp3) is 0.769. The van der Waals surface area contributed by atoms with Crippen LogP contribution < -0.4 is 10.6 Å². The average Bonchev–Trinajstić information content (AvgIpc) is 2.79. The Morgan fingerprint density at radius 1 is 1.29 bits per heavy atom. The third kappa shape index (κ3) is 4.64. The SMILES string of the molecule is CCCCN(CCCC)c1ncc(C(C)N)s1. The van der Waals surface area contributed by atoms with E-state index in [4.69, 9.17) is 5.73 Å². The lowest BCUT2D eigenvalue weighted by atomic mass is 10.3. The first-order valence-electron chi connectivity index (χ1n) is 6.65. The Morgan fingerprint density at radius 2 is 1.88 bits per heavy atom. The zero-order valence-electron chi connectivity index (χ0n) is 11.3. The molecule has 1 atom stereocenters. The number of anilines is 1. The molecule has 2 N–H and O–H groups in total. The number of hydrogen-bond acceptors (Lipinski definition) is 4. The van der Waals surface area contributed by atoms with Crippen LogP contribution in [0.5, 0.6) is 0 Å². The van der Waals surface area contributed by atoms with E-state index in [0.717, 1.165) is 18.2 Å². The normalized spacial score (nSPS) is 12.7. The van der Waals surface area contributed by atoms with Crippen molar-refractivity contribution in [3.05, 3.63) is 11.1 Å². The van der Waals surface area contributed by atoms with Crippen LogP contribution in [-0.4, -0.2) is 18.1 Å². The van der Waals surface area contributed by atoms with Gasteiger partial charge < -0.3 is 10.6 Å². The predicted molar refractivity (Wildman–Crippen MR) is 76.7 cm³/mol. The predicted octanol–water partition coefficient (Wildman–Crippen LogP) is 3.57. The van der Waals surface area contributed by atoms with Crippen LogP contribution in [0.2, 0.25) is 0 Å². The number of unbranched alkanes of at least 4 members (excludes halogenated alkanes) is 2. The summed E-state index contributed by atoms with van der Waals surface area (Å²) in [5, 5.41) is 1.14. The standard InChI is InChI=1S/C13H25N3S/c1-4-6-8-16(9-7-5-2)13-15-10-12(17-13)11(3)14/h10-11H,4-9,14H2,1-3H3. The zero-order chi connectivity index (χ0) is 12.7. The van der Waals surface area contributed by atoms with Crippen LogP contribution in [0.1, 0.15) is 57.4 Å². The molecule has 0 spiro atoms. The number of nitrogens with zero attached hydrogens (tertiary/aromatic N) is 2. The summed E-state index contributed by atoms with van der Waals surface area (Å²) in [6.45, 7) is 8.70. The minimum atomic E-state index is 0.0976. The molecule has 1 rings (SSSR count). The summed E-state index contributed by atoms with van der Waals surface area (Å²) >= 11 is 1.74. The maximum Gasteiger partial charge on any atom is 0.185 e. The van der Waals surface area contributed by atoms with Crippen molar-refractivity contribution in [3.63, 3.8) is 0 Å². The summed E-state index contributed by atoms with van der Waals surface area (Å²) in [6.07, 6.45) is 6.85. The highest BCUT2D eigenvalue weighted by Gasteiger charge is 2.11. The van der Waals surface area contributed by atoms with Crippen molar-refractivity contribution >= 4 is 16.5 Å². The molecule has 0 saturated heterocycles. The molecule has 0 aliphatic heterocycles. The largest absolute Gasteiger partial charge is 0.348 e. The number of rotatable bonds is 8. The first-order valence-corrected chi connectivity index (χ1v) is 7.46. The number of aromatic nitrogens is 1. The maximum atomic E-state index is 5.88. The van der Waals surface area contributed by atoms with E-state index in [2.05, 4.69) is 23.7 Å². The summed E-state index contributed by atoms with van der Waals surface area (Å²) in [5.41, 5.74) is 5.88. The van der Waals surface area contributed by atoms with Gasteiger partial charge in [-0.3, -0.25) is 0 Å². The molecule has 0 aliphatic rings. The molecule has 0 radical (unpaired) electrons. The second-order valence-corrected chi connectivity index (χ2v) is 5.57. The summed E-state index contributed by atoms with van der Waals surface area (Å²) in [5.74, 6) is 0. The van der Waals surface area contributed by atoms with Gasteiger partial charge in [0.25, 0.3) is 0 Å². The highest BCUT2D eigenvalue weighted by molar-refractivity contribution is 7.15. The summed E-state index contributed by atoms with van der Waals surface area (Å²) in [7, 11) is 0. The molecule has 17 heavy (non-hydrogen) atoms. The van der Waals surface area contributed by atoms with Crippen LogP contribution >= 0.6 is 11.3 Å². The molecule has 1 heterocycles. The second kappa shape index (κ2) is 7.67. The van der Waals surface area contributed by atoms with E-state index in [1.807, 2.05) is 13.1 Å². The van der Waals surface area contributed by atoms with Gasteiger partial charge in [0, 0.05) is 30.2 Å². The molecule has 0 bridgehead atoms. The van der Waals surface area contributed by atoms with Gasteiger partial charge in [0.05, 0.1) is 0 Å². The highest BCUT2D eigenvalue weighted by atomic mass is 32.1. The molecule has 1 unspecified atom stereocenters. The van der Waals surface area contributed by atoms with Crippen LogP contribution in [0.25, 0.3) is 0 Å². The van der Waals surface area contributed by atoms with Crippen LogP contribution in [0.3, 0.4) is 0 Å². The number of nitrogens with two attached hydrogens (primary N) is 1. The van der Waals surface area contributed by atoms with E-state index in [-0.39, 0.29) is 6.04 Å². The van der Waals surface area contributed by atoms with E-state index < -0.39 is 0 Å². The molecule has 0 fully saturated rings. The molecule has 98 valence electrons. The molecule has 0 aliphatic carbocycles.